The third-order valence-electron chi connectivity index (χ3n) is 4.21. The van der Waals surface area contributed by atoms with E-state index in [0.29, 0.717) is 6.54 Å². The highest BCUT2D eigenvalue weighted by Gasteiger charge is 2.20. The van der Waals surface area contributed by atoms with Gasteiger partial charge in [0.2, 0.25) is 0 Å². The number of nitrogens with zero attached hydrogens (tertiary/aromatic N) is 1. The number of hydrogen-bond acceptors (Lipinski definition) is 7. The minimum Gasteiger partial charge on any atom is -0.461 e. The van der Waals surface area contributed by atoms with Gasteiger partial charge in [0.05, 0.1) is 0 Å². The number of para-hydroxylation sites is 2. The first-order valence-electron chi connectivity index (χ1n) is 9.44. The van der Waals surface area contributed by atoms with Crippen molar-refractivity contribution in [3.05, 3.63) is 59.7 Å². The molecule has 0 atom stereocenters. The molecule has 0 spiro atoms. The third-order valence-corrected chi connectivity index (χ3v) is 4.21. The first-order chi connectivity index (χ1) is 14.0. The Balaban J connectivity index is 0.00000450. The Bertz CT molecular complexity index is 866. The zero-order chi connectivity index (χ0) is 21.2. The molecule has 0 saturated heterocycles. The van der Waals surface area contributed by atoms with Crippen molar-refractivity contribution in [2.75, 3.05) is 26.2 Å². The second-order valence-electron chi connectivity index (χ2n) is 6.14. The highest BCUT2D eigenvalue weighted by Crippen LogP contribution is 2.24. The van der Waals surface area contributed by atoms with Gasteiger partial charge in [-0.25, -0.2) is 9.59 Å². The van der Waals surface area contributed by atoms with Crippen molar-refractivity contribution in [3.63, 3.8) is 0 Å². The molecule has 30 heavy (non-hydrogen) atoms. The summed E-state index contributed by atoms with van der Waals surface area (Å²) < 4.78 is 15.8. The Morgan fingerprint density at radius 1 is 0.800 bits per heavy atom. The molecule has 0 radical (unpaired) electrons. The number of carbonyl (C=O) groups is 3. The van der Waals surface area contributed by atoms with Crippen LogP contribution in [0.3, 0.4) is 0 Å². The van der Waals surface area contributed by atoms with Crippen molar-refractivity contribution in [2.45, 2.75) is 20.8 Å². The summed E-state index contributed by atoms with van der Waals surface area (Å²) in [6, 6.07) is 12.6. The van der Waals surface area contributed by atoms with Gasteiger partial charge in [-0.15, -0.1) is 12.4 Å². The molecule has 0 aliphatic heterocycles. The van der Waals surface area contributed by atoms with Crippen LogP contribution in [0.25, 0.3) is 0 Å². The van der Waals surface area contributed by atoms with E-state index in [1.165, 1.54) is 31.2 Å². The monoisotopic (exact) mass is 435 g/mol. The molecule has 0 aliphatic rings. The maximum Gasteiger partial charge on any atom is 0.347 e. The van der Waals surface area contributed by atoms with E-state index in [9.17, 15) is 14.4 Å². The van der Waals surface area contributed by atoms with Crippen LogP contribution in [0.5, 0.6) is 11.5 Å². The van der Waals surface area contributed by atoms with Crippen LogP contribution < -0.4 is 9.47 Å². The van der Waals surface area contributed by atoms with Gasteiger partial charge in [-0.05, 0) is 37.4 Å². The summed E-state index contributed by atoms with van der Waals surface area (Å²) in [7, 11) is 0. The first-order valence-corrected chi connectivity index (χ1v) is 9.44. The lowest BCUT2D eigenvalue weighted by Crippen LogP contribution is -2.28. The van der Waals surface area contributed by atoms with Crippen LogP contribution in [-0.4, -0.2) is 49.0 Å². The van der Waals surface area contributed by atoms with Gasteiger partial charge >= 0.3 is 17.9 Å². The zero-order valence-electron chi connectivity index (χ0n) is 17.3. The van der Waals surface area contributed by atoms with E-state index >= 15 is 0 Å². The van der Waals surface area contributed by atoms with Crippen LogP contribution in [0.1, 0.15) is 41.5 Å². The van der Waals surface area contributed by atoms with E-state index in [-0.39, 0.29) is 41.6 Å². The second kappa shape index (κ2) is 12.6. The molecule has 2 aromatic rings. The molecule has 162 valence electrons. The van der Waals surface area contributed by atoms with Gasteiger partial charge < -0.3 is 19.1 Å². The van der Waals surface area contributed by atoms with Crippen molar-refractivity contribution < 1.29 is 28.6 Å². The summed E-state index contributed by atoms with van der Waals surface area (Å²) in [5, 5.41) is 0. The molecular formula is C22H26ClNO6. The summed E-state index contributed by atoms with van der Waals surface area (Å²) in [5.41, 5.74) is 0.220. The molecule has 0 aromatic heterocycles. The molecular weight excluding hydrogens is 410 g/mol. The Labute approximate surface area is 182 Å². The lowest BCUT2D eigenvalue weighted by Gasteiger charge is -2.17. The van der Waals surface area contributed by atoms with Gasteiger partial charge in [-0.3, -0.25) is 4.79 Å². The number of likely N-dealkylation sites (N-methyl/N-ethyl adjacent to an activating group) is 1. The SMILES string of the molecule is CCN(CC)CCOC(=O)c1ccccc1OC(=O)c1ccccc1OC(C)=O.Cl. The van der Waals surface area contributed by atoms with Gasteiger partial charge in [0.1, 0.15) is 29.2 Å². The van der Waals surface area contributed by atoms with Gasteiger partial charge in [-0.1, -0.05) is 38.1 Å². The number of hydrogen-bond donors (Lipinski definition) is 0. The fraction of sp³-hybridized carbons (Fsp3) is 0.318. The Morgan fingerprint density at radius 2 is 1.30 bits per heavy atom. The molecule has 2 aromatic carbocycles. The molecule has 0 fully saturated rings. The maximum atomic E-state index is 12.6. The molecule has 7 nitrogen and oxygen atoms in total. The maximum absolute atomic E-state index is 12.6. The molecule has 0 bridgehead atoms. The summed E-state index contributed by atoms with van der Waals surface area (Å²) in [6.45, 7) is 7.90. The van der Waals surface area contributed by atoms with Crippen molar-refractivity contribution in [3.8, 4) is 11.5 Å². The number of esters is 3. The fourth-order valence-corrected chi connectivity index (χ4v) is 2.64. The highest BCUT2D eigenvalue weighted by molar-refractivity contribution is 5.98. The van der Waals surface area contributed by atoms with E-state index in [4.69, 9.17) is 14.2 Å². The van der Waals surface area contributed by atoms with Crippen LogP contribution in [-0.2, 0) is 9.53 Å². The first kappa shape index (κ1) is 25.1. The Kier molecular flexibility index (Phi) is 10.6. The minimum atomic E-state index is -0.745. The Morgan fingerprint density at radius 3 is 1.83 bits per heavy atom. The van der Waals surface area contributed by atoms with Crippen molar-refractivity contribution in [1.82, 2.24) is 4.90 Å². The normalized spacial score (nSPS) is 10.1. The quantitative estimate of drug-likeness (QED) is 0.438. The predicted octanol–water partition coefficient (Wildman–Crippen LogP) is 3.75. The molecule has 0 heterocycles. The topological polar surface area (TPSA) is 82.1 Å². The molecule has 0 aliphatic carbocycles. The Hall–Kier alpha value is -2.90. The molecule has 8 heteroatoms. The minimum absolute atomic E-state index is 0. The van der Waals surface area contributed by atoms with Gasteiger partial charge in [0, 0.05) is 13.5 Å². The van der Waals surface area contributed by atoms with Crippen LogP contribution in [0.15, 0.2) is 48.5 Å². The van der Waals surface area contributed by atoms with E-state index in [1.807, 2.05) is 13.8 Å². The number of rotatable bonds is 9. The van der Waals surface area contributed by atoms with Crippen molar-refractivity contribution in [1.29, 1.82) is 0 Å². The third kappa shape index (κ3) is 7.17. The van der Waals surface area contributed by atoms with Crippen LogP contribution >= 0.6 is 12.4 Å². The van der Waals surface area contributed by atoms with E-state index in [1.54, 1.807) is 24.3 Å². The summed E-state index contributed by atoms with van der Waals surface area (Å²) in [4.78, 5) is 38.4. The van der Waals surface area contributed by atoms with Crippen molar-refractivity contribution >= 4 is 30.3 Å². The largest absolute Gasteiger partial charge is 0.461 e. The molecule has 0 saturated carbocycles. The summed E-state index contributed by atoms with van der Waals surface area (Å²) in [5.74, 6) is -1.71. The number of ether oxygens (including phenoxy) is 3. The standard InChI is InChI=1S/C22H25NO6.ClH/c1-4-23(5-2)14-15-27-21(25)17-10-6-9-13-20(17)29-22(26)18-11-7-8-12-19(18)28-16(3)24;/h6-13H,4-5,14-15H2,1-3H3;1H. The van der Waals surface area contributed by atoms with Crippen LogP contribution in [0, 0.1) is 0 Å². The summed E-state index contributed by atoms with van der Waals surface area (Å²) in [6.07, 6.45) is 0. The second-order valence-corrected chi connectivity index (χ2v) is 6.14. The lowest BCUT2D eigenvalue weighted by molar-refractivity contribution is -0.131. The van der Waals surface area contributed by atoms with Crippen LogP contribution in [0.2, 0.25) is 0 Å². The fourth-order valence-electron chi connectivity index (χ4n) is 2.64. The number of halogens is 1. The van der Waals surface area contributed by atoms with E-state index < -0.39 is 17.9 Å². The van der Waals surface area contributed by atoms with Gasteiger partial charge in [-0.2, -0.15) is 0 Å². The highest BCUT2D eigenvalue weighted by atomic mass is 35.5. The molecule has 0 amide bonds. The molecule has 2 rings (SSSR count). The molecule has 0 N–H and O–H groups in total. The average Bonchev–Trinajstić information content (AvgIpc) is 2.71. The van der Waals surface area contributed by atoms with Gasteiger partial charge in [0.15, 0.2) is 0 Å². The smallest absolute Gasteiger partial charge is 0.347 e. The van der Waals surface area contributed by atoms with Gasteiger partial charge in [0.25, 0.3) is 0 Å². The number of benzene rings is 2. The zero-order valence-corrected chi connectivity index (χ0v) is 18.1. The van der Waals surface area contributed by atoms with E-state index in [2.05, 4.69) is 4.90 Å². The lowest BCUT2D eigenvalue weighted by atomic mass is 10.2. The summed E-state index contributed by atoms with van der Waals surface area (Å²) >= 11 is 0. The average molecular weight is 436 g/mol. The number of carbonyl (C=O) groups excluding carboxylic acids is 3. The predicted molar refractivity (Wildman–Crippen MR) is 114 cm³/mol. The van der Waals surface area contributed by atoms with Crippen LogP contribution in [0.4, 0.5) is 0 Å². The van der Waals surface area contributed by atoms with Crippen molar-refractivity contribution in [2.24, 2.45) is 0 Å². The van der Waals surface area contributed by atoms with E-state index in [0.717, 1.165) is 13.1 Å². The molecule has 0 unspecified atom stereocenters.